The zero-order valence-electron chi connectivity index (χ0n) is 13.0. The summed E-state index contributed by atoms with van der Waals surface area (Å²) >= 11 is 0. The number of carbonyl (C=O) groups is 2. The van der Waals surface area contributed by atoms with Crippen LogP contribution < -0.4 is 0 Å². The number of fused-ring (bicyclic) bond motifs is 9. The van der Waals surface area contributed by atoms with Gasteiger partial charge in [0.05, 0.1) is 0 Å². The van der Waals surface area contributed by atoms with Gasteiger partial charge < -0.3 is 0 Å². The van der Waals surface area contributed by atoms with E-state index in [2.05, 4.69) is 36.5 Å². The lowest BCUT2D eigenvalue weighted by Gasteiger charge is -2.50. The van der Waals surface area contributed by atoms with E-state index in [0.717, 1.165) is 24.0 Å². The first-order chi connectivity index (χ1) is 11.2. The van der Waals surface area contributed by atoms with E-state index in [0.29, 0.717) is 47.1 Å². The molecule has 8 atom stereocenters. The SMILES string of the molecule is O=C1C(CCC2=CC3C4C=CC4C3C2=O)=CC2C3C=CC(C3)C12. The molecule has 2 fully saturated rings. The molecule has 0 aliphatic heterocycles. The minimum atomic E-state index is 0.226. The third-order valence-corrected chi connectivity index (χ3v) is 7.48. The van der Waals surface area contributed by atoms with Gasteiger partial charge in [-0.1, -0.05) is 36.5 Å². The molecular weight excluding hydrogens is 284 g/mol. The van der Waals surface area contributed by atoms with E-state index in [1.165, 1.54) is 6.42 Å². The molecular formula is C21H20O2. The van der Waals surface area contributed by atoms with E-state index in [9.17, 15) is 9.59 Å². The highest BCUT2D eigenvalue weighted by molar-refractivity contribution is 6.03. The van der Waals surface area contributed by atoms with E-state index >= 15 is 0 Å². The molecule has 0 saturated heterocycles. The van der Waals surface area contributed by atoms with Gasteiger partial charge in [-0.15, -0.1) is 0 Å². The van der Waals surface area contributed by atoms with E-state index in [4.69, 9.17) is 0 Å². The van der Waals surface area contributed by atoms with Crippen molar-refractivity contribution >= 4 is 11.6 Å². The van der Waals surface area contributed by atoms with Crippen LogP contribution in [0.15, 0.2) is 47.6 Å². The summed E-state index contributed by atoms with van der Waals surface area (Å²) in [4.78, 5) is 25.2. The van der Waals surface area contributed by atoms with Crippen molar-refractivity contribution in [2.45, 2.75) is 19.3 Å². The summed E-state index contributed by atoms with van der Waals surface area (Å²) in [6.45, 7) is 0. The smallest absolute Gasteiger partial charge is 0.162 e. The molecule has 0 spiro atoms. The van der Waals surface area contributed by atoms with Gasteiger partial charge in [0.15, 0.2) is 11.6 Å². The molecule has 0 radical (unpaired) electrons. The molecule has 0 amide bonds. The minimum absolute atomic E-state index is 0.226. The first-order valence-electron chi connectivity index (χ1n) is 9.09. The van der Waals surface area contributed by atoms with Gasteiger partial charge in [-0.2, -0.15) is 0 Å². The van der Waals surface area contributed by atoms with E-state index in [1.807, 2.05) is 0 Å². The Morgan fingerprint density at radius 2 is 1.35 bits per heavy atom. The van der Waals surface area contributed by atoms with Crippen molar-refractivity contribution in [3.63, 3.8) is 0 Å². The first-order valence-corrected chi connectivity index (χ1v) is 9.09. The van der Waals surface area contributed by atoms with E-state index in [1.54, 1.807) is 0 Å². The molecule has 0 heterocycles. The lowest BCUT2D eigenvalue weighted by Crippen LogP contribution is -2.49. The first kappa shape index (κ1) is 12.7. The molecule has 0 aromatic carbocycles. The van der Waals surface area contributed by atoms with Gasteiger partial charge in [0, 0.05) is 11.8 Å². The molecule has 0 N–H and O–H groups in total. The molecule has 6 rings (SSSR count). The molecule has 2 saturated carbocycles. The number of Topliss-reactive ketones (excluding diaryl/α,β-unsaturated/α-hetero) is 2. The Morgan fingerprint density at radius 1 is 0.696 bits per heavy atom. The predicted molar refractivity (Wildman–Crippen MR) is 86.2 cm³/mol. The molecule has 6 aliphatic carbocycles. The highest BCUT2D eigenvalue weighted by Gasteiger charge is 2.57. The van der Waals surface area contributed by atoms with Gasteiger partial charge in [-0.25, -0.2) is 0 Å². The van der Waals surface area contributed by atoms with Crippen LogP contribution in [-0.4, -0.2) is 11.6 Å². The number of allylic oxidation sites excluding steroid dienone is 8. The average molecular weight is 304 g/mol. The second kappa shape index (κ2) is 4.03. The highest BCUT2D eigenvalue weighted by atomic mass is 16.1. The van der Waals surface area contributed by atoms with Gasteiger partial charge >= 0.3 is 0 Å². The lowest BCUT2D eigenvalue weighted by atomic mass is 9.52. The maximum atomic E-state index is 12.7. The molecule has 0 aromatic rings. The normalized spacial score (nSPS) is 50.3. The number of ketones is 2. The van der Waals surface area contributed by atoms with Crippen LogP contribution in [0.4, 0.5) is 0 Å². The number of hydrogen-bond donors (Lipinski definition) is 0. The highest BCUT2D eigenvalue weighted by Crippen LogP contribution is 2.59. The predicted octanol–water partition coefficient (Wildman–Crippen LogP) is 3.27. The van der Waals surface area contributed by atoms with Crippen molar-refractivity contribution in [1.82, 2.24) is 0 Å². The molecule has 116 valence electrons. The van der Waals surface area contributed by atoms with E-state index < -0.39 is 0 Å². The monoisotopic (exact) mass is 304 g/mol. The fraction of sp³-hybridized carbons (Fsp3) is 0.524. The zero-order valence-corrected chi connectivity index (χ0v) is 13.0. The van der Waals surface area contributed by atoms with Crippen LogP contribution in [-0.2, 0) is 9.59 Å². The van der Waals surface area contributed by atoms with Crippen molar-refractivity contribution in [1.29, 1.82) is 0 Å². The summed E-state index contributed by atoms with van der Waals surface area (Å²) in [6.07, 6.45) is 16.2. The van der Waals surface area contributed by atoms with Crippen LogP contribution >= 0.6 is 0 Å². The average Bonchev–Trinajstić information content (AvgIpc) is 3.23. The maximum absolute atomic E-state index is 12.7. The third-order valence-electron chi connectivity index (χ3n) is 7.48. The van der Waals surface area contributed by atoms with Crippen LogP contribution in [0, 0.1) is 47.3 Å². The molecule has 2 heteroatoms. The summed E-state index contributed by atoms with van der Waals surface area (Å²) in [7, 11) is 0. The molecule has 8 unspecified atom stereocenters. The van der Waals surface area contributed by atoms with Crippen LogP contribution in [0.5, 0.6) is 0 Å². The summed E-state index contributed by atoms with van der Waals surface area (Å²) in [6, 6.07) is 0. The summed E-state index contributed by atoms with van der Waals surface area (Å²) in [5, 5.41) is 0. The van der Waals surface area contributed by atoms with E-state index in [-0.39, 0.29) is 11.8 Å². The Hall–Kier alpha value is -1.70. The van der Waals surface area contributed by atoms with Gasteiger partial charge in [0.1, 0.15) is 0 Å². The molecule has 2 bridgehead atoms. The Morgan fingerprint density at radius 3 is 2.00 bits per heavy atom. The maximum Gasteiger partial charge on any atom is 0.162 e. The molecule has 0 aromatic heterocycles. The van der Waals surface area contributed by atoms with Gasteiger partial charge in [0.25, 0.3) is 0 Å². The van der Waals surface area contributed by atoms with Crippen LogP contribution in [0.1, 0.15) is 19.3 Å². The Kier molecular flexibility index (Phi) is 2.23. The second-order valence-corrected chi connectivity index (χ2v) is 8.31. The second-order valence-electron chi connectivity index (χ2n) is 8.31. The van der Waals surface area contributed by atoms with Crippen molar-refractivity contribution < 1.29 is 9.59 Å². The summed E-state index contributed by atoms with van der Waals surface area (Å²) in [5.74, 6) is 4.38. The Balaban J connectivity index is 1.18. The van der Waals surface area contributed by atoms with Crippen LogP contribution in [0.25, 0.3) is 0 Å². The standard InChI is InChI=1S/C21H20O2/c22-20-12(8-16-10-1-2-11(7-10)18(16)20)3-4-13-9-17-14-5-6-15(14)19(17)21(13)23/h1-2,5-6,8-11,14-19H,3-4,7H2. The number of hydrogen-bond acceptors (Lipinski definition) is 2. The quantitative estimate of drug-likeness (QED) is 0.750. The van der Waals surface area contributed by atoms with Crippen molar-refractivity contribution in [2.24, 2.45) is 47.3 Å². The topological polar surface area (TPSA) is 34.1 Å². The van der Waals surface area contributed by atoms with Gasteiger partial charge in [-0.05, 0) is 65.9 Å². The molecule has 23 heavy (non-hydrogen) atoms. The Bertz CT molecular complexity index is 765. The Labute approximate surface area is 136 Å². The summed E-state index contributed by atoms with van der Waals surface area (Å²) in [5.41, 5.74) is 2.01. The molecule has 6 aliphatic rings. The van der Waals surface area contributed by atoms with Crippen molar-refractivity contribution in [3.8, 4) is 0 Å². The fourth-order valence-corrected chi connectivity index (χ4v) is 6.22. The largest absolute Gasteiger partial charge is 0.294 e. The van der Waals surface area contributed by atoms with Gasteiger partial charge in [0.2, 0.25) is 0 Å². The lowest BCUT2D eigenvalue weighted by molar-refractivity contribution is -0.126. The van der Waals surface area contributed by atoms with Crippen molar-refractivity contribution in [2.75, 3.05) is 0 Å². The fourth-order valence-electron chi connectivity index (χ4n) is 6.22. The summed E-state index contributed by atoms with van der Waals surface area (Å²) < 4.78 is 0. The minimum Gasteiger partial charge on any atom is -0.294 e. The third kappa shape index (κ3) is 1.42. The molecule has 2 nitrogen and oxygen atoms in total. The van der Waals surface area contributed by atoms with Crippen molar-refractivity contribution in [3.05, 3.63) is 47.6 Å². The number of rotatable bonds is 3. The van der Waals surface area contributed by atoms with Crippen LogP contribution in [0.3, 0.4) is 0 Å². The number of carbonyl (C=O) groups excluding carboxylic acids is 2. The van der Waals surface area contributed by atoms with Crippen LogP contribution in [0.2, 0.25) is 0 Å². The van der Waals surface area contributed by atoms with Gasteiger partial charge in [-0.3, -0.25) is 9.59 Å². The zero-order chi connectivity index (χ0) is 15.3.